The van der Waals surface area contributed by atoms with Gasteiger partial charge in [-0.05, 0) is 24.3 Å². The normalized spacial score (nSPS) is 8.82. The van der Waals surface area contributed by atoms with Gasteiger partial charge in [0.05, 0.1) is 0 Å². The van der Waals surface area contributed by atoms with Crippen LogP contribution in [0.1, 0.15) is 11.3 Å². The summed E-state index contributed by atoms with van der Waals surface area (Å²) in [6.45, 7) is 0. The van der Waals surface area contributed by atoms with Crippen molar-refractivity contribution < 1.29 is 28.5 Å². The molecule has 2 rings (SSSR count). The Labute approximate surface area is 127 Å². The maximum Gasteiger partial charge on any atom is 0.256 e. The topological polar surface area (TPSA) is 3.88 Å². The molecule has 2 aromatic rings. The fraction of sp³-hybridized carbons (Fsp3) is 0.0714. The van der Waals surface area contributed by atoms with Gasteiger partial charge in [0, 0.05) is 28.1 Å². The monoisotopic (exact) mass is 399 g/mol. The van der Waals surface area contributed by atoms with Crippen molar-refractivity contribution >= 4 is 15.9 Å². The van der Waals surface area contributed by atoms with E-state index in [0.717, 1.165) is 15.7 Å². The van der Waals surface area contributed by atoms with Crippen molar-refractivity contribution in [1.82, 2.24) is 0 Å². The molecule has 0 saturated carbocycles. The zero-order chi connectivity index (χ0) is 11.4. The standard InChI is InChI=1S/C14H11BrN.HI/c1-16-10-3-2-7-14(16)9-8-12-5-4-6-13(15)11-12;/h2-7,10-11H,1H3;1H/q+1;/p-1. The summed E-state index contributed by atoms with van der Waals surface area (Å²) in [6.07, 6.45) is 1.99. The van der Waals surface area contributed by atoms with Crippen LogP contribution >= 0.6 is 15.9 Å². The Morgan fingerprint density at radius 1 is 1.06 bits per heavy atom. The SMILES string of the molecule is C[n+]1ccccc1C#Cc1cccc(Br)c1.[I-]. The molecular formula is C14H11BrIN. The largest absolute Gasteiger partial charge is 1.00 e. The zero-order valence-corrected chi connectivity index (χ0v) is 13.1. The molecule has 0 amide bonds. The van der Waals surface area contributed by atoms with Gasteiger partial charge in [0.25, 0.3) is 5.69 Å². The number of hydrogen-bond donors (Lipinski definition) is 0. The second kappa shape index (κ2) is 6.77. The predicted octanol–water partition coefficient (Wildman–Crippen LogP) is -0.323. The number of hydrogen-bond acceptors (Lipinski definition) is 0. The first-order chi connectivity index (χ1) is 7.75. The first-order valence-electron chi connectivity index (χ1n) is 4.98. The summed E-state index contributed by atoms with van der Waals surface area (Å²) in [5, 5.41) is 0. The highest BCUT2D eigenvalue weighted by Crippen LogP contribution is 2.10. The molecule has 0 spiro atoms. The van der Waals surface area contributed by atoms with Crippen LogP contribution in [0, 0.1) is 11.8 Å². The summed E-state index contributed by atoms with van der Waals surface area (Å²) in [6, 6.07) is 14.0. The summed E-state index contributed by atoms with van der Waals surface area (Å²) in [4.78, 5) is 0. The number of nitrogens with zero attached hydrogens (tertiary/aromatic N) is 1. The summed E-state index contributed by atoms with van der Waals surface area (Å²) in [5.41, 5.74) is 2.01. The second-order valence-corrected chi connectivity index (χ2v) is 4.37. The first-order valence-corrected chi connectivity index (χ1v) is 5.77. The summed E-state index contributed by atoms with van der Waals surface area (Å²) in [5.74, 6) is 6.29. The Balaban J connectivity index is 0.00000144. The van der Waals surface area contributed by atoms with Gasteiger partial charge in [0.15, 0.2) is 6.20 Å². The molecular weight excluding hydrogens is 389 g/mol. The Hall–Kier alpha value is -0.860. The molecule has 17 heavy (non-hydrogen) atoms. The molecule has 1 nitrogen and oxygen atoms in total. The van der Waals surface area contributed by atoms with Gasteiger partial charge in [-0.3, -0.25) is 0 Å². The Kier molecular flexibility index (Phi) is 5.66. The number of benzene rings is 1. The third kappa shape index (κ3) is 4.14. The highest BCUT2D eigenvalue weighted by Gasteiger charge is 1.98. The van der Waals surface area contributed by atoms with Crippen LogP contribution in [-0.2, 0) is 7.05 Å². The maximum absolute atomic E-state index is 3.43. The fourth-order valence-corrected chi connectivity index (χ4v) is 1.75. The third-order valence-corrected chi connectivity index (χ3v) is 2.71. The molecule has 0 aliphatic rings. The van der Waals surface area contributed by atoms with Gasteiger partial charge >= 0.3 is 0 Å². The van der Waals surface area contributed by atoms with Gasteiger partial charge in [0.2, 0.25) is 0 Å². The van der Waals surface area contributed by atoms with Crippen LogP contribution in [0.4, 0.5) is 0 Å². The predicted molar refractivity (Wildman–Crippen MR) is 67.7 cm³/mol. The zero-order valence-electron chi connectivity index (χ0n) is 9.32. The number of pyridine rings is 1. The van der Waals surface area contributed by atoms with Crippen molar-refractivity contribution in [2.75, 3.05) is 0 Å². The second-order valence-electron chi connectivity index (χ2n) is 3.46. The molecule has 86 valence electrons. The lowest BCUT2D eigenvalue weighted by Gasteiger charge is -1.91. The molecule has 0 aliphatic carbocycles. The number of halogens is 2. The Morgan fingerprint density at radius 3 is 2.59 bits per heavy atom. The lowest BCUT2D eigenvalue weighted by Crippen LogP contribution is -3.00. The van der Waals surface area contributed by atoms with E-state index in [1.54, 1.807) is 0 Å². The van der Waals surface area contributed by atoms with Gasteiger partial charge in [0.1, 0.15) is 7.05 Å². The average molecular weight is 400 g/mol. The van der Waals surface area contributed by atoms with E-state index in [-0.39, 0.29) is 24.0 Å². The van der Waals surface area contributed by atoms with E-state index >= 15 is 0 Å². The first kappa shape index (κ1) is 14.2. The molecule has 1 aromatic heterocycles. The van der Waals surface area contributed by atoms with Crippen molar-refractivity contribution in [3.05, 3.63) is 64.4 Å². The van der Waals surface area contributed by atoms with E-state index in [2.05, 4.69) is 27.8 Å². The molecule has 0 bridgehead atoms. The van der Waals surface area contributed by atoms with Crippen LogP contribution in [0.15, 0.2) is 53.1 Å². The van der Waals surface area contributed by atoms with Gasteiger partial charge in [-0.2, -0.15) is 4.57 Å². The highest BCUT2D eigenvalue weighted by molar-refractivity contribution is 9.10. The van der Waals surface area contributed by atoms with Crippen molar-refractivity contribution in [2.45, 2.75) is 0 Å². The van der Waals surface area contributed by atoms with Crippen LogP contribution in [0.25, 0.3) is 0 Å². The van der Waals surface area contributed by atoms with Gasteiger partial charge in [-0.25, -0.2) is 0 Å². The minimum Gasteiger partial charge on any atom is -1.00 e. The van der Waals surface area contributed by atoms with Crippen molar-refractivity contribution in [2.24, 2.45) is 7.05 Å². The van der Waals surface area contributed by atoms with Crippen LogP contribution in [0.3, 0.4) is 0 Å². The third-order valence-electron chi connectivity index (χ3n) is 2.21. The molecule has 0 aliphatic heterocycles. The van der Waals surface area contributed by atoms with E-state index in [0.29, 0.717) is 0 Å². The lowest BCUT2D eigenvalue weighted by atomic mass is 10.2. The smallest absolute Gasteiger partial charge is 0.256 e. The van der Waals surface area contributed by atoms with E-state index < -0.39 is 0 Å². The van der Waals surface area contributed by atoms with Crippen LogP contribution in [0.2, 0.25) is 0 Å². The van der Waals surface area contributed by atoms with Crippen molar-refractivity contribution in [3.63, 3.8) is 0 Å². The van der Waals surface area contributed by atoms with Gasteiger partial charge in [-0.1, -0.05) is 27.9 Å². The quantitative estimate of drug-likeness (QED) is 0.325. The molecule has 0 N–H and O–H groups in total. The number of rotatable bonds is 0. The molecule has 1 heterocycles. The van der Waals surface area contributed by atoms with Gasteiger partial charge in [-0.15, -0.1) is 0 Å². The van der Waals surface area contributed by atoms with E-state index in [1.807, 2.05) is 60.3 Å². The highest BCUT2D eigenvalue weighted by atomic mass is 127. The van der Waals surface area contributed by atoms with Crippen LogP contribution in [0.5, 0.6) is 0 Å². The molecule has 0 atom stereocenters. The summed E-state index contributed by atoms with van der Waals surface area (Å²) < 4.78 is 3.06. The van der Waals surface area contributed by atoms with Gasteiger partial charge < -0.3 is 24.0 Å². The fourth-order valence-electron chi connectivity index (χ4n) is 1.36. The number of aromatic nitrogens is 1. The van der Waals surface area contributed by atoms with E-state index in [1.165, 1.54) is 0 Å². The minimum atomic E-state index is 0. The Bertz CT molecular complexity index is 570. The summed E-state index contributed by atoms with van der Waals surface area (Å²) in [7, 11) is 1.99. The Morgan fingerprint density at radius 2 is 1.88 bits per heavy atom. The van der Waals surface area contributed by atoms with E-state index in [9.17, 15) is 0 Å². The van der Waals surface area contributed by atoms with Crippen molar-refractivity contribution in [1.29, 1.82) is 0 Å². The molecule has 1 aromatic carbocycles. The summed E-state index contributed by atoms with van der Waals surface area (Å²) >= 11 is 3.43. The minimum absolute atomic E-state index is 0. The molecule has 0 unspecified atom stereocenters. The average Bonchev–Trinajstić information content (AvgIpc) is 2.28. The van der Waals surface area contributed by atoms with Crippen LogP contribution < -0.4 is 28.5 Å². The molecule has 0 radical (unpaired) electrons. The van der Waals surface area contributed by atoms with Crippen molar-refractivity contribution in [3.8, 4) is 11.8 Å². The molecule has 0 saturated heterocycles. The van der Waals surface area contributed by atoms with E-state index in [4.69, 9.17) is 0 Å². The van der Waals surface area contributed by atoms with Crippen LogP contribution in [-0.4, -0.2) is 0 Å². The number of aryl methyl sites for hydroxylation is 1. The lowest BCUT2D eigenvalue weighted by molar-refractivity contribution is -0.673. The molecule has 3 heteroatoms. The maximum atomic E-state index is 3.43. The molecule has 0 fully saturated rings.